The molecule has 0 amide bonds. The van der Waals surface area contributed by atoms with Crippen LogP contribution < -0.4 is 10.2 Å². The average Bonchev–Trinajstić information content (AvgIpc) is 2.38. The van der Waals surface area contributed by atoms with Gasteiger partial charge in [0, 0.05) is 46.2 Å². The van der Waals surface area contributed by atoms with E-state index in [9.17, 15) is 5.11 Å². The Morgan fingerprint density at radius 2 is 2.05 bits per heavy atom. The van der Waals surface area contributed by atoms with Crippen LogP contribution in [0.25, 0.3) is 0 Å². The second-order valence-electron chi connectivity index (χ2n) is 4.95. The number of hydrogen-bond acceptors (Lipinski definition) is 7. The molecule has 20 heavy (non-hydrogen) atoms. The van der Waals surface area contributed by atoms with Crippen LogP contribution in [0.2, 0.25) is 5.28 Å². The molecule has 112 valence electrons. The van der Waals surface area contributed by atoms with E-state index < -0.39 is 5.60 Å². The van der Waals surface area contributed by atoms with Gasteiger partial charge in [0.15, 0.2) is 0 Å². The Kier molecular flexibility index (Phi) is 4.95. The van der Waals surface area contributed by atoms with E-state index in [0.29, 0.717) is 51.0 Å². The summed E-state index contributed by atoms with van der Waals surface area (Å²) in [5, 5.41) is 13.6. The summed E-state index contributed by atoms with van der Waals surface area (Å²) >= 11 is 5.90. The highest BCUT2D eigenvalue weighted by Crippen LogP contribution is 2.23. The molecule has 7 nitrogen and oxygen atoms in total. The Morgan fingerprint density at radius 1 is 1.35 bits per heavy atom. The predicted octanol–water partition coefficient (Wildman–Crippen LogP) is 0.934. The van der Waals surface area contributed by atoms with Crippen molar-refractivity contribution in [1.29, 1.82) is 0 Å². The van der Waals surface area contributed by atoms with E-state index in [1.807, 2.05) is 14.0 Å². The summed E-state index contributed by atoms with van der Waals surface area (Å²) in [5.41, 5.74) is -0.773. The minimum Gasteiger partial charge on any atom is -0.388 e. The highest BCUT2D eigenvalue weighted by Gasteiger charge is 2.31. The van der Waals surface area contributed by atoms with Crippen LogP contribution in [-0.2, 0) is 4.74 Å². The van der Waals surface area contributed by atoms with Gasteiger partial charge in [-0.15, -0.1) is 0 Å². The molecule has 0 aromatic carbocycles. The molecule has 1 saturated heterocycles. The molecule has 0 bridgehead atoms. The number of halogens is 1. The van der Waals surface area contributed by atoms with Gasteiger partial charge in [0.2, 0.25) is 17.2 Å². The maximum Gasteiger partial charge on any atom is 0.231 e. The monoisotopic (exact) mass is 301 g/mol. The number of nitrogens with zero attached hydrogens (tertiary/aromatic N) is 4. The number of likely N-dealkylation sites (N-methyl/N-ethyl adjacent to an activating group) is 1. The molecule has 1 aromatic rings. The van der Waals surface area contributed by atoms with E-state index in [1.165, 1.54) is 0 Å². The lowest BCUT2D eigenvalue weighted by Gasteiger charge is -2.35. The van der Waals surface area contributed by atoms with Gasteiger partial charge in [-0.05, 0) is 18.5 Å². The van der Waals surface area contributed by atoms with Crippen molar-refractivity contribution in [2.75, 3.05) is 43.6 Å². The third kappa shape index (κ3) is 3.91. The molecule has 1 fully saturated rings. The Morgan fingerprint density at radius 3 is 2.70 bits per heavy atom. The lowest BCUT2D eigenvalue weighted by molar-refractivity contribution is -0.0574. The maximum atomic E-state index is 10.5. The molecule has 2 N–H and O–H groups in total. The number of aromatic nitrogens is 3. The molecular weight excluding hydrogens is 282 g/mol. The van der Waals surface area contributed by atoms with Gasteiger partial charge in [0.05, 0.1) is 5.60 Å². The SMILES string of the molecule is CCNc1nc(Cl)nc(N(C)CC2(O)CCOCC2)n1. The number of rotatable bonds is 5. The molecule has 1 aliphatic rings. The molecule has 8 heteroatoms. The first-order chi connectivity index (χ1) is 9.52. The quantitative estimate of drug-likeness (QED) is 0.837. The predicted molar refractivity (Wildman–Crippen MR) is 77.3 cm³/mol. The zero-order valence-electron chi connectivity index (χ0n) is 11.8. The number of nitrogens with one attached hydrogen (secondary N) is 1. The van der Waals surface area contributed by atoms with Crippen LogP contribution >= 0.6 is 11.6 Å². The fraction of sp³-hybridized carbons (Fsp3) is 0.750. The van der Waals surface area contributed by atoms with E-state index >= 15 is 0 Å². The largest absolute Gasteiger partial charge is 0.388 e. The van der Waals surface area contributed by atoms with Gasteiger partial charge in [-0.1, -0.05) is 0 Å². The molecule has 0 saturated carbocycles. The van der Waals surface area contributed by atoms with Crippen molar-refractivity contribution in [3.05, 3.63) is 5.28 Å². The van der Waals surface area contributed by atoms with Crippen molar-refractivity contribution in [2.45, 2.75) is 25.4 Å². The van der Waals surface area contributed by atoms with Crippen LogP contribution in [0.15, 0.2) is 0 Å². The third-order valence-electron chi connectivity index (χ3n) is 3.23. The summed E-state index contributed by atoms with van der Waals surface area (Å²) in [7, 11) is 1.83. The number of aliphatic hydroxyl groups is 1. The molecule has 0 atom stereocenters. The molecule has 2 rings (SSSR count). The molecule has 2 heterocycles. The van der Waals surface area contributed by atoms with E-state index in [-0.39, 0.29) is 5.28 Å². The third-order valence-corrected chi connectivity index (χ3v) is 3.40. The molecule has 0 radical (unpaired) electrons. The van der Waals surface area contributed by atoms with E-state index in [4.69, 9.17) is 16.3 Å². The van der Waals surface area contributed by atoms with Crippen LogP contribution in [0, 0.1) is 0 Å². The van der Waals surface area contributed by atoms with Gasteiger partial charge in [0.25, 0.3) is 0 Å². The maximum absolute atomic E-state index is 10.5. The van der Waals surface area contributed by atoms with Gasteiger partial charge in [0.1, 0.15) is 0 Å². The second-order valence-corrected chi connectivity index (χ2v) is 5.29. The van der Waals surface area contributed by atoms with Gasteiger partial charge >= 0.3 is 0 Å². The Hall–Kier alpha value is -1.18. The summed E-state index contributed by atoms with van der Waals surface area (Å²) in [6, 6.07) is 0. The Labute approximate surface area is 123 Å². The van der Waals surface area contributed by atoms with Crippen molar-refractivity contribution in [3.8, 4) is 0 Å². The van der Waals surface area contributed by atoms with Crippen LogP contribution in [0.1, 0.15) is 19.8 Å². The lowest BCUT2D eigenvalue weighted by Crippen LogP contribution is -2.46. The molecule has 0 unspecified atom stereocenters. The molecule has 0 spiro atoms. The minimum atomic E-state index is -0.773. The zero-order valence-corrected chi connectivity index (χ0v) is 12.5. The summed E-state index contributed by atoms with van der Waals surface area (Å²) in [6.45, 7) is 4.23. The highest BCUT2D eigenvalue weighted by atomic mass is 35.5. The van der Waals surface area contributed by atoms with Crippen LogP contribution in [-0.4, -0.2) is 59.0 Å². The molecular formula is C12H20ClN5O2. The first kappa shape index (κ1) is 15.2. The lowest BCUT2D eigenvalue weighted by atomic mass is 9.94. The number of hydrogen-bond donors (Lipinski definition) is 2. The number of ether oxygens (including phenoxy) is 1. The highest BCUT2D eigenvalue weighted by molar-refractivity contribution is 6.28. The standard InChI is InChI=1S/C12H20ClN5O2/c1-3-14-10-15-9(13)16-11(17-10)18(2)8-12(19)4-6-20-7-5-12/h19H,3-8H2,1-2H3,(H,14,15,16,17). The average molecular weight is 302 g/mol. The van der Waals surface area contributed by atoms with Gasteiger partial charge in [-0.25, -0.2) is 0 Å². The summed E-state index contributed by atoms with van der Waals surface area (Å²) in [6.07, 6.45) is 1.21. The minimum absolute atomic E-state index is 0.136. The zero-order chi connectivity index (χ0) is 14.6. The molecule has 0 aliphatic carbocycles. The van der Waals surface area contributed by atoms with Crippen LogP contribution in [0.3, 0.4) is 0 Å². The smallest absolute Gasteiger partial charge is 0.231 e. The van der Waals surface area contributed by atoms with Crippen LogP contribution in [0.5, 0.6) is 0 Å². The van der Waals surface area contributed by atoms with Gasteiger partial charge < -0.3 is 20.1 Å². The van der Waals surface area contributed by atoms with E-state index in [0.717, 1.165) is 0 Å². The van der Waals surface area contributed by atoms with Crippen molar-refractivity contribution in [3.63, 3.8) is 0 Å². The fourth-order valence-electron chi connectivity index (χ4n) is 2.17. The van der Waals surface area contributed by atoms with Gasteiger partial charge in [-0.3, -0.25) is 0 Å². The van der Waals surface area contributed by atoms with Gasteiger partial charge in [-0.2, -0.15) is 15.0 Å². The Balaban J connectivity index is 2.09. The van der Waals surface area contributed by atoms with Crippen LogP contribution in [0.4, 0.5) is 11.9 Å². The topological polar surface area (TPSA) is 83.4 Å². The second kappa shape index (κ2) is 6.51. The summed E-state index contributed by atoms with van der Waals surface area (Å²) in [5.74, 6) is 0.884. The van der Waals surface area contributed by atoms with Crippen molar-refractivity contribution in [1.82, 2.24) is 15.0 Å². The van der Waals surface area contributed by atoms with Crippen molar-refractivity contribution < 1.29 is 9.84 Å². The summed E-state index contributed by atoms with van der Waals surface area (Å²) < 4.78 is 5.27. The number of anilines is 2. The first-order valence-corrected chi connectivity index (χ1v) is 7.07. The summed E-state index contributed by atoms with van der Waals surface area (Å²) in [4.78, 5) is 14.2. The molecule has 1 aromatic heterocycles. The normalized spacial score (nSPS) is 17.8. The first-order valence-electron chi connectivity index (χ1n) is 6.69. The van der Waals surface area contributed by atoms with E-state index in [1.54, 1.807) is 4.90 Å². The molecule has 1 aliphatic heterocycles. The van der Waals surface area contributed by atoms with Crippen molar-refractivity contribution >= 4 is 23.5 Å². The fourth-order valence-corrected chi connectivity index (χ4v) is 2.32. The van der Waals surface area contributed by atoms with Crippen molar-refractivity contribution in [2.24, 2.45) is 0 Å². The van der Waals surface area contributed by atoms with E-state index in [2.05, 4.69) is 20.3 Å². The Bertz CT molecular complexity index is 453.